The average Bonchev–Trinajstić information content (AvgIpc) is 2.34. The van der Waals surface area contributed by atoms with Crippen molar-refractivity contribution < 1.29 is 9.90 Å². The molecule has 3 heteroatoms. The molecule has 0 aromatic heterocycles. The maximum atomic E-state index is 10.6. The highest BCUT2D eigenvalue weighted by Crippen LogP contribution is 2.20. The number of hydrogen-bond acceptors (Lipinski definition) is 2. The number of hydrogen-bond donors (Lipinski definition) is 1. The Bertz CT molecular complexity index is 276. The molecule has 0 aromatic rings. The van der Waals surface area contributed by atoms with Crippen molar-refractivity contribution in [3.8, 4) is 6.07 Å². The van der Waals surface area contributed by atoms with Crippen LogP contribution >= 0.6 is 0 Å². The summed E-state index contributed by atoms with van der Waals surface area (Å²) in [6.45, 7) is 10.9. The Labute approximate surface area is 104 Å². The largest absolute Gasteiger partial charge is 0.478 e. The molecule has 3 nitrogen and oxygen atoms in total. The summed E-state index contributed by atoms with van der Waals surface area (Å²) >= 11 is 0. The van der Waals surface area contributed by atoms with Crippen LogP contribution in [0.2, 0.25) is 0 Å². The Morgan fingerprint density at radius 3 is 2.29 bits per heavy atom. The molecular formula is C14H23NO2. The van der Waals surface area contributed by atoms with E-state index in [-0.39, 0.29) is 5.92 Å². The van der Waals surface area contributed by atoms with Gasteiger partial charge in [-0.05, 0) is 18.8 Å². The van der Waals surface area contributed by atoms with Crippen LogP contribution in [0.1, 0.15) is 46.0 Å². The summed E-state index contributed by atoms with van der Waals surface area (Å²) in [5.41, 5.74) is 0.374. The number of carboxylic acid groups (broad SMARTS) is 1. The van der Waals surface area contributed by atoms with E-state index in [1.165, 1.54) is 18.9 Å². The van der Waals surface area contributed by atoms with Crippen molar-refractivity contribution in [1.29, 1.82) is 5.26 Å². The van der Waals surface area contributed by atoms with Gasteiger partial charge in [0.2, 0.25) is 0 Å². The highest BCUT2D eigenvalue weighted by atomic mass is 16.4. The monoisotopic (exact) mass is 237 g/mol. The van der Waals surface area contributed by atoms with E-state index < -0.39 is 5.97 Å². The highest BCUT2D eigenvalue weighted by Gasteiger charge is 2.15. The molecule has 0 aliphatic carbocycles. The fourth-order valence-electron chi connectivity index (χ4n) is 1.44. The Hall–Kier alpha value is -1.56. The minimum absolute atomic E-state index is 0.170. The third-order valence-corrected chi connectivity index (χ3v) is 2.51. The molecule has 0 rings (SSSR count). The van der Waals surface area contributed by atoms with Crippen molar-refractivity contribution in [3.05, 3.63) is 24.8 Å². The van der Waals surface area contributed by atoms with Crippen molar-refractivity contribution in [2.75, 3.05) is 0 Å². The van der Waals surface area contributed by atoms with Gasteiger partial charge in [0, 0.05) is 11.6 Å². The van der Waals surface area contributed by atoms with E-state index in [1.54, 1.807) is 6.07 Å². The van der Waals surface area contributed by atoms with E-state index in [9.17, 15) is 4.79 Å². The van der Waals surface area contributed by atoms with Crippen LogP contribution in [-0.4, -0.2) is 11.1 Å². The first-order valence-corrected chi connectivity index (χ1v) is 5.97. The van der Waals surface area contributed by atoms with Crippen LogP contribution in [0.15, 0.2) is 24.8 Å². The van der Waals surface area contributed by atoms with Crippen molar-refractivity contribution >= 4 is 5.97 Å². The molecule has 0 aliphatic rings. The lowest BCUT2D eigenvalue weighted by atomic mass is 9.92. The molecule has 96 valence electrons. The van der Waals surface area contributed by atoms with Crippen molar-refractivity contribution in [3.63, 3.8) is 0 Å². The van der Waals surface area contributed by atoms with Gasteiger partial charge in [-0.1, -0.05) is 46.3 Å². The molecule has 17 heavy (non-hydrogen) atoms. The second kappa shape index (κ2) is 12.5. The molecule has 0 fully saturated rings. The van der Waals surface area contributed by atoms with E-state index in [0.717, 1.165) is 19.3 Å². The van der Waals surface area contributed by atoms with Gasteiger partial charge in [0.15, 0.2) is 0 Å². The minimum atomic E-state index is -0.844. The molecule has 1 unspecified atom stereocenters. The SMILES string of the molecule is C=C(C(=O)O)C(CC)CCCCC.C=CC#N. The predicted octanol–water partition coefficient (Wildman–Crippen LogP) is 3.93. The Morgan fingerprint density at radius 1 is 1.47 bits per heavy atom. The summed E-state index contributed by atoms with van der Waals surface area (Å²) in [5, 5.41) is 16.2. The zero-order chi connectivity index (χ0) is 13.7. The zero-order valence-electron chi connectivity index (χ0n) is 10.9. The predicted molar refractivity (Wildman–Crippen MR) is 70.5 cm³/mol. The summed E-state index contributed by atoms with van der Waals surface area (Å²) in [7, 11) is 0. The van der Waals surface area contributed by atoms with Crippen LogP contribution in [0.4, 0.5) is 0 Å². The molecule has 0 saturated heterocycles. The van der Waals surface area contributed by atoms with Crippen LogP contribution in [0.3, 0.4) is 0 Å². The molecular weight excluding hydrogens is 214 g/mol. The molecule has 0 heterocycles. The van der Waals surface area contributed by atoms with Gasteiger partial charge < -0.3 is 5.11 Å². The standard InChI is InChI=1S/C11H20O2.C3H3N/c1-4-6-7-8-10(5-2)9(3)11(12)13;1-2-3-4/h10H,3-8H2,1-2H3,(H,12,13);2H,1H2. The fourth-order valence-corrected chi connectivity index (χ4v) is 1.44. The van der Waals surface area contributed by atoms with E-state index in [1.807, 2.05) is 6.92 Å². The lowest BCUT2D eigenvalue weighted by Gasteiger charge is -2.13. The smallest absolute Gasteiger partial charge is 0.331 e. The molecule has 0 spiro atoms. The van der Waals surface area contributed by atoms with Gasteiger partial charge in [-0.2, -0.15) is 5.26 Å². The first-order valence-electron chi connectivity index (χ1n) is 5.97. The molecule has 0 aromatic carbocycles. The summed E-state index contributed by atoms with van der Waals surface area (Å²) in [6.07, 6.45) is 6.50. The normalized spacial score (nSPS) is 10.4. The van der Waals surface area contributed by atoms with Crippen molar-refractivity contribution in [1.82, 2.24) is 0 Å². The third-order valence-electron chi connectivity index (χ3n) is 2.51. The second-order valence-corrected chi connectivity index (χ2v) is 3.76. The Balaban J connectivity index is 0. The highest BCUT2D eigenvalue weighted by molar-refractivity contribution is 5.86. The second-order valence-electron chi connectivity index (χ2n) is 3.76. The number of aliphatic carboxylic acids is 1. The third kappa shape index (κ3) is 10.7. The van der Waals surface area contributed by atoms with E-state index in [0.29, 0.717) is 5.57 Å². The Kier molecular flexibility index (Phi) is 13.1. The molecule has 0 amide bonds. The molecule has 0 aliphatic heterocycles. The van der Waals surface area contributed by atoms with E-state index in [2.05, 4.69) is 20.1 Å². The van der Waals surface area contributed by atoms with Gasteiger partial charge in [0.05, 0.1) is 6.07 Å². The summed E-state index contributed by atoms with van der Waals surface area (Å²) in [4.78, 5) is 10.6. The van der Waals surface area contributed by atoms with Gasteiger partial charge in [-0.15, -0.1) is 0 Å². The molecule has 0 radical (unpaired) electrons. The number of carboxylic acids is 1. The van der Waals surface area contributed by atoms with Gasteiger partial charge in [-0.3, -0.25) is 0 Å². The van der Waals surface area contributed by atoms with Gasteiger partial charge >= 0.3 is 5.97 Å². The van der Waals surface area contributed by atoms with Gasteiger partial charge in [0.25, 0.3) is 0 Å². The fraction of sp³-hybridized carbons (Fsp3) is 0.571. The van der Waals surface area contributed by atoms with Crippen LogP contribution in [0.25, 0.3) is 0 Å². The lowest BCUT2D eigenvalue weighted by molar-refractivity contribution is -0.133. The van der Waals surface area contributed by atoms with Crippen molar-refractivity contribution in [2.24, 2.45) is 5.92 Å². The molecule has 0 saturated carbocycles. The van der Waals surface area contributed by atoms with Crippen molar-refractivity contribution in [2.45, 2.75) is 46.0 Å². The maximum absolute atomic E-state index is 10.6. The first-order chi connectivity index (χ1) is 8.04. The van der Waals surface area contributed by atoms with Crippen LogP contribution < -0.4 is 0 Å². The van der Waals surface area contributed by atoms with Gasteiger partial charge in [-0.25, -0.2) is 4.79 Å². The number of nitriles is 1. The molecule has 1 atom stereocenters. The van der Waals surface area contributed by atoms with Crippen LogP contribution in [0, 0.1) is 17.2 Å². The minimum Gasteiger partial charge on any atom is -0.478 e. The average molecular weight is 237 g/mol. The Morgan fingerprint density at radius 2 is 2.00 bits per heavy atom. The maximum Gasteiger partial charge on any atom is 0.331 e. The number of carbonyl (C=O) groups is 1. The van der Waals surface area contributed by atoms with E-state index in [4.69, 9.17) is 10.4 Å². The molecule has 1 N–H and O–H groups in total. The zero-order valence-corrected chi connectivity index (χ0v) is 10.9. The summed E-state index contributed by atoms with van der Waals surface area (Å²) in [6, 6.07) is 1.69. The number of rotatable bonds is 7. The molecule has 0 bridgehead atoms. The number of allylic oxidation sites excluding steroid dienone is 1. The van der Waals surface area contributed by atoms with Gasteiger partial charge in [0.1, 0.15) is 0 Å². The summed E-state index contributed by atoms with van der Waals surface area (Å²) in [5.74, 6) is -0.674. The van der Waals surface area contributed by atoms with E-state index >= 15 is 0 Å². The quantitative estimate of drug-likeness (QED) is 0.414. The number of nitrogens with zero attached hydrogens (tertiary/aromatic N) is 1. The first kappa shape index (κ1) is 17.8. The van der Waals surface area contributed by atoms with Crippen LogP contribution in [-0.2, 0) is 4.79 Å². The topological polar surface area (TPSA) is 61.1 Å². The summed E-state index contributed by atoms with van der Waals surface area (Å²) < 4.78 is 0. The lowest BCUT2D eigenvalue weighted by Crippen LogP contribution is -2.10. The number of unbranched alkanes of at least 4 members (excludes halogenated alkanes) is 2. The van der Waals surface area contributed by atoms with Crippen LogP contribution in [0.5, 0.6) is 0 Å².